The maximum atomic E-state index is 11.8. The average Bonchev–Trinajstić information content (AvgIpc) is 2.13. The lowest BCUT2D eigenvalue weighted by atomic mass is 10.2. The van der Waals surface area contributed by atoms with Gasteiger partial charge in [-0.1, -0.05) is 6.58 Å². The van der Waals surface area contributed by atoms with E-state index < -0.39 is 0 Å². The third kappa shape index (κ3) is 2.07. The number of piperazine rings is 1. The predicted molar refractivity (Wildman–Crippen MR) is 56.6 cm³/mol. The van der Waals surface area contributed by atoms with Crippen LogP contribution in [-0.4, -0.2) is 47.9 Å². The van der Waals surface area contributed by atoms with Crippen LogP contribution < -0.4 is 5.73 Å². The number of rotatable bonds is 3. The molecular formula is C10H19N3O. The van der Waals surface area contributed by atoms with Gasteiger partial charge in [-0.15, -0.1) is 0 Å². The number of carbonyl (C=O) groups excluding carboxylic acids is 1. The molecule has 0 radical (unpaired) electrons. The molecule has 0 unspecified atom stereocenters. The van der Waals surface area contributed by atoms with Crippen LogP contribution in [0.5, 0.6) is 0 Å². The van der Waals surface area contributed by atoms with Gasteiger partial charge in [0.05, 0.1) is 5.70 Å². The fraction of sp³-hybridized carbons (Fsp3) is 0.700. The first kappa shape index (κ1) is 11.0. The van der Waals surface area contributed by atoms with Crippen molar-refractivity contribution in [1.82, 2.24) is 9.80 Å². The van der Waals surface area contributed by atoms with E-state index in [4.69, 9.17) is 5.73 Å². The van der Waals surface area contributed by atoms with Crippen LogP contribution in [0.4, 0.5) is 0 Å². The Hall–Kier alpha value is -1.03. The average molecular weight is 197 g/mol. The summed E-state index contributed by atoms with van der Waals surface area (Å²) in [6, 6.07) is 0.339. The van der Waals surface area contributed by atoms with Crippen LogP contribution in [0.2, 0.25) is 0 Å². The molecule has 1 amide bonds. The molecule has 80 valence electrons. The Morgan fingerprint density at radius 1 is 1.50 bits per heavy atom. The fourth-order valence-electron chi connectivity index (χ4n) is 1.71. The van der Waals surface area contributed by atoms with E-state index in [2.05, 4.69) is 20.4 Å². The third-order valence-corrected chi connectivity index (χ3v) is 2.51. The monoisotopic (exact) mass is 197 g/mol. The van der Waals surface area contributed by atoms with Gasteiger partial charge in [-0.2, -0.15) is 0 Å². The molecule has 0 saturated carbocycles. The molecule has 0 aromatic heterocycles. The van der Waals surface area contributed by atoms with E-state index in [9.17, 15) is 4.79 Å². The van der Waals surface area contributed by atoms with Crippen molar-refractivity contribution in [1.29, 1.82) is 0 Å². The zero-order chi connectivity index (χ0) is 10.7. The van der Waals surface area contributed by atoms with Gasteiger partial charge < -0.3 is 15.5 Å². The number of nitrogens with zero attached hydrogens (tertiary/aromatic N) is 2. The van der Waals surface area contributed by atoms with Crippen molar-refractivity contribution >= 4 is 5.91 Å². The number of carbonyl (C=O) groups is 1. The van der Waals surface area contributed by atoms with E-state index >= 15 is 0 Å². The summed E-state index contributed by atoms with van der Waals surface area (Å²) in [7, 11) is 0. The van der Waals surface area contributed by atoms with Crippen LogP contribution in [0.3, 0.4) is 0 Å². The van der Waals surface area contributed by atoms with Crippen molar-refractivity contribution in [3.8, 4) is 0 Å². The van der Waals surface area contributed by atoms with Crippen molar-refractivity contribution in [2.24, 2.45) is 5.73 Å². The second-order valence-electron chi connectivity index (χ2n) is 3.81. The number of nitrogens with two attached hydrogens (primary N) is 1. The molecule has 14 heavy (non-hydrogen) atoms. The van der Waals surface area contributed by atoms with Gasteiger partial charge in [-0.3, -0.25) is 4.79 Å². The van der Waals surface area contributed by atoms with E-state index in [0.29, 0.717) is 24.8 Å². The molecule has 4 nitrogen and oxygen atoms in total. The van der Waals surface area contributed by atoms with Gasteiger partial charge in [0.2, 0.25) is 0 Å². The van der Waals surface area contributed by atoms with Gasteiger partial charge in [-0.25, -0.2) is 0 Å². The van der Waals surface area contributed by atoms with Crippen molar-refractivity contribution in [2.45, 2.75) is 19.9 Å². The first-order chi connectivity index (χ1) is 6.57. The highest BCUT2D eigenvalue weighted by atomic mass is 16.2. The Bertz CT molecular complexity index is 238. The number of amides is 1. The Morgan fingerprint density at radius 2 is 2.14 bits per heavy atom. The minimum atomic E-state index is 0.0235. The van der Waals surface area contributed by atoms with Gasteiger partial charge in [-0.05, 0) is 13.8 Å². The fourth-order valence-corrected chi connectivity index (χ4v) is 1.71. The summed E-state index contributed by atoms with van der Waals surface area (Å²) in [5.41, 5.74) is 6.02. The van der Waals surface area contributed by atoms with Crippen LogP contribution in [0.1, 0.15) is 13.8 Å². The molecule has 0 spiro atoms. The normalized spacial score (nSPS) is 18.3. The molecule has 0 aromatic rings. The van der Waals surface area contributed by atoms with Gasteiger partial charge in [0.15, 0.2) is 0 Å². The highest BCUT2D eigenvalue weighted by Gasteiger charge is 2.27. The van der Waals surface area contributed by atoms with Crippen LogP contribution in [0, 0.1) is 0 Å². The lowest BCUT2D eigenvalue weighted by molar-refractivity contribution is -0.131. The summed E-state index contributed by atoms with van der Waals surface area (Å²) in [4.78, 5) is 15.6. The molecule has 1 fully saturated rings. The Morgan fingerprint density at radius 3 is 2.64 bits per heavy atom. The van der Waals surface area contributed by atoms with Gasteiger partial charge >= 0.3 is 0 Å². The van der Waals surface area contributed by atoms with Crippen molar-refractivity contribution in [2.75, 3.05) is 26.2 Å². The molecule has 0 atom stereocenters. The Labute approximate surface area is 85.3 Å². The molecular weight excluding hydrogens is 178 g/mol. The van der Waals surface area contributed by atoms with Gasteiger partial charge in [0, 0.05) is 32.2 Å². The number of hydrogen-bond donors (Lipinski definition) is 1. The van der Waals surface area contributed by atoms with E-state index in [1.165, 1.54) is 0 Å². The topological polar surface area (TPSA) is 49.6 Å². The summed E-state index contributed by atoms with van der Waals surface area (Å²) < 4.78 is 0. The standard InChI is InChI=1S/C10H19N3O/c1-8(2)13-7-6-12(5-4-11)10(14)9(13)3/h8H,3-7,11H2,1-2H3. The van der Waals surface area contributed by atoms with Crippen molar-refractivity contribution in [3.05, 3.63) is 12.3 Å². The highest BCUT2D eigenvalue weighted by molar-refractivity contribution is 5.93. The maximum absolute atomic E-state index is 11.8. The first-order valence-corrected chi connectivity index (χ1v) is 5.02. The molecule has 0 aromatic carbocycles. The largest absolute Gasteiger partial charge is 0.363 e. The molecule has 1 heterocycles. The van der Waals surface area contributed by atoms with Gasteiger partial charge in [0.25, 0.3) is 5.91 Å². The van der Waals surface area contributed by atoms with Crippen molar-refractivity contribution in [3.63, 3.8) is 0 Å². The van der Waals surface area contributed by atoms with Crippen LogP contribution in [-0.2, 0) is 4.79 Å². The maximum Gasteiger partial charge on any atom is 0.269 e. The number of hydrogen-bond acceptors (Lipinski definition) is 3. The quantitative estimate of drug-likeness (QED) is 0.648. The Kier molecular flexibility index (Phi) is 3.52. The SMILES string of the molecule is C=C1C(=O)N(CCN)CCN1C(C)C. The first-order valence-electron chi connectivity index (χ1n) is 5.02. The van der Waals surface area contributed by atoms with Crippen molar-refractivity contribution < 1.29 is 4.79 Å². The molecule has 4 heteroatoms. The van der Waals surface area contributed by atoms with E-state index in [1.54, 1.807) is 4.90 Å². The lowest BCUT2D eigenvalue weighted by Gasteiger charge is -2.39. The summed E-state index contributed by atoms with van der Waals surface area (Å²) in [5, 5.41) is 0. The summed E-state index contributed by atoms with van der Waals surface area (Å²) >= 11 is 0. The zero-order valence-electron chi connectivity index (χ0n) is 8.99. The smallest absolute Gasteiger partial charge is 0.269 e. The van der Waals surface area contributed by atoms with Gasteiger partial charge in [0.1, 0.15) is 0 Å². The summed E-state index contributed by atoms with van der Waals surface area (Å²) in [6.45, 7) is 10.7. The van der Waals surface area contributed by atoms with Crippen LogP contribution >= 0.6 is 0 Å². The minimum absolute atomic E-state index is 0.0235. The second kappa shape index (κ2) is 4.46. The zero-order valence-corrected chi connectivity index (χ0v) is 8.99. The van der Waals surface area contributed by atoms with E-state index in [-0.39, 0.29) is 5.91 Å². The molecule has 0 aliphatic carbocycles. The van der Waals surface area contributed by atoms with Crippen LogP contribution in [0.25, 0.3) is 0 Å². The predicted octanol–water partition coefficient (Wildman–Crippen LogP) is 0.0114. The van der Waals surface area contributed by atoms with Crippen LogP contribution in [0.15, 0.2) is 12.3 Å². The summed E-state index contributed by atoms with van der Waals surface area (Å²) in [6.07, 6.45) is 0. The highest BCUT2D eigenvalue weighted by Crippen LogP contribution is 2.15. The molecule has 1 aliphatic heterocycles. The molecule has 1 saturated heterocycles. The Balaban J connectivity index is 2.65. The molecule has 1 rings (SSSR count). The third-order valence-electron chi connectivity index (χ3n) is 2.51. The van der Waals surface area contributed by atoms with E-state index in [1.807, 2.05) is 4.90 Å². The molecule has 1 aliphatic rings. The summed E-state index contributed by atoms with van der Waals surface area (Å²) in [5.74, 6) is 0.0235. The second-order valence-corrected chi connectivity index (χ2v) is 3.81. The molecule has 2 N–H and O–H groups in total. The minimum Gasteiger partial charge on any atom is -0.363 e. The van der Waals surface area contributed by atoms with E-state index in [0.717, 1.165) is 13.1 Å². The molecule has 0 bridgehead atoms. The lowest BCUT2D eigenvalue weighted by Crippen LogP contribution is -2.51.